The summed E-state index contributed by atoms with van der Waals surface area (Å²) in [5, 5.41) is 5.79. The first kappa shape index (κ1) is 19.9. The van der Waals surface area contributed by atoms with Gasteiger partial charge in [-0.3, -0.25) is 9.59 Å². The molecule has 0 atom stereocenters. The number of imidazole rings is 1. The van der Waals surface area contributed by atoms with Gasteiger partial charge in [0, 0.05) is 13.1 Å². The van der Waals surface area contributed by atoms with Gasteiger partial charge in [-0.2, -0.15) is 0 Å². The number of rotatable bonds is 7. The van der Waals surface area contributed by atoms with E-state index in [1.54, 1.807) is 19.2 Å². The number of aromatic nitrogens is 2. The third-order valence-corrected chi connectivity index (χ3v) is 4.90. The van der Waals surface area contributed by atoms with Crippen LogP contribution in [0.25, 0.3) is 0 Å². The van der Waals surface area contributed by atoms with Gasteiger partial charge in [0.25, 0.3) is 11.8 Å². The SMILES string of the molecule is COc1ccccc1NC(=O)c1nc(C(=O)NCCC(C)C)c2n1CCCC2. The van der Waals surface area contributed by atoms with Crippen LogP contribution >= 0.6 is 0 Å². The molecule has 0 saturated heterocycles. The third kappa shape index (κ3) is 4.35. The Balaban J connectivity index is 1.84. The highest BCUT2D eigenvalue weighted by Crippen LogP contribution is 2.25. The van der Waals surface area contributed by atoms with Gasteiger partial charge in [-0.05, 0) is 43.7 Å². The monoisotopic (exact) mass is 384 g/mol. The second kappa shape index (κ2) is 8.91. The average molecular weight is 384 g/mol. The Kier molecular flexibility index (Phi) is 6.34. The summed E-state index contributed by atoms with van der Waals surface area (Å²) in [6.07, 6.45) is 3.61. The minimum Gasteiger partial charge on any atom is -0.495 e. The summed E-state index contributed by atoms with van der Waals surface area (Å²) in [6, 6.07) is 7.22. The Hall–Kier alpha value is -2.83. The van der Waals surface area contributed by atoms with E-state index in [1.165, 1.54) is 0 Å². The molecule has 0 bridgehead atoms. The lowest BCUT2D eigenvalue weighted by atomic mass is 10.1. The fourth-order valence-electron chi connectivity index (χ4n) is 3.38. The van der Waals surface area contributed by atoms with Crippen molar-refractivity contribution < 1.29 is 14.3 Å². The molecular weight excluding hydrogens is 356 g/mol. The van der Waals surface area contributed by atoms with Crippen LogP contribution in [0.5, 0.6) is 5.75 Å². The molecule has 2 heterocycles. The summed E-state index contributed by atoms with van der Waals surface area (Å²) in [4.78, 5) is 30.0. The Morgan fingerprint density at radius 2 is 2.00 bits per heavy atom. The van der Waals surface area contributed by atoms with Gasteiger partial charge in [-0.25, -0.2) is 4.98 Å². The highest BCUT2D eigenvalue weighted by atomic mass is 16.5. The van der Waals surface area contributed by atoms with Gasteiger partial charge < -0.3 is 19.9 Å². The number of hydrogen-bond donors (Lipinski definition) is 2. The topological polar surface area (TPSA) is 85.2 Å². The zero-order valence-electron chi connectivity index (χ0n) is 16.7. The van der Waals surface area contributed by atoms with Crippen molar-refractivity contribution in [1.82, 2.24) is 14.9 Å². The molecule has 0 aliphatic carbocycles. The van der Waals surface area contributed by atoms with Gasteiger partial charge >= 0.3 is 0 Å². The first-order valence-corrected chi connectivity index (χ1v) is 9.83. The smallest absolute Gasteiger partial charge is 0.291 e. The maximum Gasteiger partial charge on any atom is 0.291 e. The van der Waals surface area contributed by atoms with Crippen molar-refractivity contribution in [2.24, 2.45) is 5.92 Å². The number of anilines is 1. The maximum absolute atomic E-state index is 12.9. The Labute approximate surface area is 165 Å². The summed E-state index contributed by atoms with van der Waals surface area (Å²) < 4.78 is 7.18. The fraction of sp³-hybridized carbons (Fsp3) is 0.476. The van der Waals surface area contributed by atoms with Crippen LogP contribution in [0.15, 0.2) is 24.3 Å². The molecule has 7 heteroatoms. The largest absolute Gasteiger partial charge is 0.495 e. The van der Waals surface area contributed by atoms with Crippen molar-refractivity contribution in [1.29, 1.82) is 0 Å². The molecule has 2 N–H and O–H groups in total. The molecular formula is C21H28N4O3. The zero-order valence-corrected chi connectivity index (χ0v) is 16.7. The highest BCUT2D eigenvalue weighted by molar-refractivity contribution is 6.04. The summed E-state index contributed by atoms with van der Waals surface area (Å²) >= 11 is 0. The second-order valence-corrected chi connectivity index (χ2v) is 7.43. The molecule has 3 rings (SSSR count). The zero-order chi connectivity index (χ0) is 20.1. The number of carbonyl (C=O) groups is 2. The second-order valence-electron chi connectivity index (χ2n) is 7.43. The first-order chi connectivity index (χ1) is 13.5. The van der Waals surface area contributed by atoms with Crippen LogP contribution in [0.4, 0.5) is 5.69 Å². The number of benzene rings is 1. The molecule has 150 valence electrons. The van der Waals surface area contributed by atoms with Crippen LogP contribution in [0, 0.1) is 5.92 Å². The predicted octanol–water partition coefficient (Wildman–Crippen LogP) is 3.26. The fourth-order valence-corrected chi connectivity index (χ4v) is 3.38. The Bertz CT molecular complexity index is 857. The highest BCUT2D eigenvalue weighted by Gasteiger charge is 2.27. The number of amides is 2. The van der Waals surface area contributed by atoms with Crippen molar-refractivity contribution in [2.75, 3.05) is 19.0 Å². The number of carbonyl (C=O) groups excluding carboxylic acids is 2. The van der Waals surface area contributed by atoms with Gasteiger partial charge in [0.1, 0.15) is 11.4 Å². The molecule has 1 aromatic carbocycles. The first-order valence-electron chi connectivity index (χ1n) is 9.83. The van der Waals surface area contributed by atoms with Crippen molar-refractivity contribution >= 4 is 17.5 Å². The number of para-hydroxylation sites is 2. The lowest BCUT2D eigenvalue weighted by Crippen LogP contribution is -2.27. The van der Waals surface area contributed by atoms with Crippen molar-refractivity contribution in [2.45, 2.75) is 46.1 Å². The molecule has 1 aliphatic heterocycles. The lowest BCUT2D eigenvalue weighted by Gasteiger charge is -2.17. The van der Waals surface area contributed by atoms with Gasteiger partial charge in [0.15, 0.2) is 5.82 Å². The number of ether oxygens (including phenoxy) is 1. The van der Waals surface area contributed by atoms with Crippen LogP contribution in [0.2, 0.25) is 0 Å². The van der Waals surface area contributed by atoms with E-state index >= 15 is 0 Å². The van der Waals surface area contributed by atoms with E-state index in [9.17, 15) is 9.59 Å². The van der Waals surface area contributed by atoms with Crippen LogP contribution in [0.1, 0.15) is 59.9 Å². The van der Waals surface area contributed by atoms with Crippen LogP contribution < -0.4 is 15.4 Å². The molecule has 7 nitrogen and oxygen atoms in total. The number of methoxy groups -OCH3 is 1. The molecule has 2 aromatic rings. The Morgan fingerprint density at radius 3 is 2.75 bits per heavy atom. The minimum atomic E-state index is -0.339. The molecule has 0 spiro atoms. The summed E-state index contributed by atoms with van der Waals surface area (Å²) in [5.74, 6) is 0.817. The minimum absolute atomic E-state index is 0.206. The third-order valence-electron chi connectivity index (χ3n) is 4.90. The van der Waals surface area contributed by atoms with Gasteiger partial charge in [0.05, 0.1) is 18.5 Å². The van der Waals surface area contributed by atoms with E-state index in [0.29, 0.717) is 36.1 Å². The van der Waals surface area contributed by atoms with Gasteiger partial charge in [0.2, 0.25) is 0 Å². The molecule has 2 amide bonds. The van der Waals surface area contributed by atoms with Gasteiger partial charge in [-0.15, -0.1) is 0 Å². The molecule has 0 radical (unpaired) electrons. The molecule has 0 saturated carbocycles. The van der Waals surface area contributed by atoms with E-state index in [1.807, 2.05) is 16.7 Å². The van der Waals surface area contributed by atoms with Crippen molar-refractivity contribution in [3.8, 4) is 5.75 Å². The quantitative estimate of drug-likeness (QED) is 0.767. The summed E-state index contributed by atoms with van der Waals surface area (Å²) in [7, 11) is 1.56. The van der Waals surface area contributed by atoms with Gasteiger partial charge in [-0.1, -0.05) is 26.0 Å². The van der Waals surface area contributed by atoms with Crippen molar-refractivity contribution in [3.05, 3.63) is 41.5 Å². The van der Waals surface area contributed by atoms with E-state index in [-0.39, 0.29) is 17.6 Å². The molecule has 0 unspecified atom stereocenters. The number of nitrogens with one attached hydrogen (secondary N) is 2. The van der Waals surface area contributed by atoms with E-state index in [0.717, 1.165) is 31.4 Å². The molecule has 28 heavy (non-hydrogen) atoms. The summed E-state index contributed by atoms with van der Waals surface area (Å²) in [5.41, 5.74) is 1.79. The average Bonchev–Trinajstić information content (AvgIpc) is 3.08. The van der Waals surface area contributed by atoms with E-state index in [2.05, 4.69) is 29.5 Å². The predicted molar refractivity (Wildman–Crippen MR) is 108 cm³/mol. The maximum atomic E-state index is 12.9. The van der Waals surface area contributed by atoms with Crippen molar-refractivity contribution in [3.63, 3.8) is 0 Å². The Morgan fingerprint density at radius 1 is 1.21 bits per heavy atom. The number of fused-ring (bicyclic) bond motifs is 1. The normalized spacial score (nSPS) is 13.1. The van der Waals surface area contributed by atoms with E-state index in [4.69, 9.17) is 4.74 Å². The molecule has 1 aliphatic rings. The van der Waals surface area contributed by atoms with Crippen LogP contribution in [-0.2, 0) is 13.0 Å². The molecule has 1 aromatic heterocycles. The molecule has 0 fully saturated rings. The lowest BCUT2D eigenvalue weighted by molar-refractivity contribution is 0.0946. The van der Waals surface area contributed by atoms with Crippen LogP contribution in [0.3, 0.4) is 0 Å². The standard InChI is InChI=1S/C21H28N4O3/c1-14(2)11-12-22-20(26)18-16-9-6-7-13-25(16)19(24-18)21(27)23-15-8-4-5-10-17(15)28-3/h4-5,8,10,14H,6-7,9,11-13H2,1-3H3,(H,22,26)(H,23,27). The van der Waals surface area contributed by atoms with E-state index < -0.39 is 0 Å². The van der Waals surface area contributed by atoms with Crippen LogP contribution in [-0.4, -0.2) is 35.0 Å². The summed E-state index contributed by atoms with van der Waals surface area (Å²) in [6.45, 7) is 5.53. The number of hydrogen-bond acceptors (Lipinski definition) is 4. The number of nitrogens with zero attached hydrogens (tertiary/aromatic N) is 2.